The van der Waals surface area contributed by atoms with E-state index in [9.17, 15) is 0 Å². The lowest BCUT2D eigenvalue weighted by molar-refractivity contribution is 0.105. The molecule has 1 rings (SSSR count). The average Bonchev–Trinajstić information content (AvgIpc) is 2.68. The Bertz CT molecular complexity index is 198. The fourth-order valence-electron chi connectivity index (χ4n) is 1.69. The zero-order valence-corrected chi connectivity index (χ0v) is 10.0. The zero-order chi connectivity index (χ0) is 11.1. The molecule has 0 aromatic carbocycles. The Hall–Kier alpha value is -0.770. The monoisotopic (exact) mass is 213 g/mol. The Labute approximate surface area is 92.5 Å². The second kappa shape index (κ2) is 6.67. The largest absolute Gasteiger partial charge is 0.378 e. The fourth-order valence-corrected chi connectivity index (χ4v) is 1.69. The molecule has 15 heavy (non-hydrogen) atoms. The predicted molar refractivity (Wildman–Crippen MR) is 63.2 cm³/mol. The predicted octanol–water partition coefficient (Wildman–Crippen LogP) is 1.13. The minimum Gasteiger partial charge on any atom is -0.378 e. The number of nitrogens with one attached hydrogen (secondary N) is 2. The Morgan fingerprint density at radius 2 is 2.33 bits per heavy atom. The van der Waals surface area contributed by atoms with Gasteiger partial charge in [-0.3, -0.25) is 4.99 Å². The summed E-state index contributed by atoms with van der Waals surface area (Å²) in [6.07, 6.45) is 3.94. The van der Waals surface area contributed by atoms with E-state index >= 15 is 0 Å². The summed E-state index contributed by atoms with van der Waals surface area (Å²) in [5.74, 6) is 0.878. The van der Waals surface area contributed by atoms with Gasteiger partial charge in [-0.25, -0.2) is 0 Å². The van der Waals surface area contributed by atoms with Gasteiger partial charge < -0.3 is 15.4 Å². The molecule has 0 bridgehead atoms. The van der Waals surface area contributed by atoms with Crippen LogP contribution in [-0.2, 0) is 4.74 Å². The maximum atomic E-state index is 5.55. The molecule has 4 heteroatoms. The highest BCUT2D eigenvalue weighted by Crippen LogP contribution is 2.14. The van der Waals surface area contributed by atoms with E-state index in [0.717, 1.165) is 25.5 Å². The molecule has 1 aliphatic rings. The SMILES string of the molecule is CN=C(NCCC1CCCO1)NC(C)C. The first-order chi connectivity index (χ1) is 7.22. The van der Waals surface area contributed by atoms with Gasteiger partial charge in [0.2, 0.25) is 0 Å². The van der Waals surface area contributed by atoms with Crippen LogP contribution in [0, 0.1) is 0 Å². The molecule has 1 aliphatic heterocycles. The first-order valence-electron chi connectivity index (χ1n) is 5.81. The summed E-state index contributed by atoms with van der Waals surface area (Å²) in [6, 6.07) is 0.416. The summed E-state index contributed by atoms with van der Waals surface area (Å²) < 4.78 is 5.55. The van der Waals surface area contributed by atoms with Gasteiger partial charge in [-0.2, -0.15) is 0 Å². The maximum Gasteiger partial charge on any atom is 0.191 e. The van der Waals surface area contributed by atoms with Crippen molar-refractivity contribution in [3.63, 3.8) is 0 Å². The van der Waals surface area contributed by atoms with E-state index in [1.165, 1.54) is 12.8 Å². The Kier molecular flexibility index (Phi) is 5.47. The van der Waals surface area contributed by atoms with E-state index in [-0.39, 0.29) is 0 Å². The Balaban J connectivity index is 2.11. The van der Waals surface area contributed by atoms with E-state index in [1.807, 2.05) is 0 Å². The van der Waals surface area contributed by atoms with Gasteiger partial charge in [-0.15, -0.1) is 0 Å². The molecule has 4 nitrogen and oxygen atoms in total. The second-order valence-corrected chi connectivity index (χ2v) is 4.22. The van der Waals surface area contributed by atoms with Gasteiger partial charge in [-0.05, 0) is 33.1 Å². The van der Waals surface area contributed by atoms with Crippen LogP contribution in [0.5, 0.6) is 0 Å². The number of nitrogens with zero attached hydrogens (tertiary/aromatic N) is 1. The van der Waals surface area contributed by atoms with Crippen LogP contribution in [0.2, 0.25) is 0 Å². The van der Waals surface area contributed by atoms with Crippen molar-refractivity contribution in [1.29, 1.82) is 0 Å². The molecule has 0 aromatic rings. The third kappa shape index (κ3) is 5.02. The maximum absolute atomic E-state index is 5.55. The average molecular weight is 213 g/mol. The molecule has 2 N–H and O–H groups in total. The summed E-state index contributed by atoms with van der Waals surface area (Å²) in [6.45, 7) is 6.07. The standard InChI is InChI=1S/C11H23N3O/c1-9(2)14-11(12-3)13-7-6-10-5-4-8-15-10/h9-10H,4-8H2,1-3H3,(H2,12,13,14). The van der Waals surface area contributed by atoms with Crippen molar-refractivity contribution in [2.24, 2.45) is 4.99 Å². The molecule has 1 saturated heterocycles. The van der Waals surface area contributed by atoms with Gasteiger partial charge in [-0.1, -0.05) is 0 Å². The molecule has 1 atom stereocenters. The van der Waals surface area contributed by atoms with Crippen molar-refractivity contribution in [1.82, 2.24) is 10.6 Å². The van der Waals surface area contributed by atoms with Gasteiger partial charge >= 0.3 is 0 Å². The van der Waals surface area contributed by atoms with E-state index in [4.69, 9.17) is 4.74 Å². The topological polar surface area (TPSA) is 45.7 Å². The lowest BCUT2D eigenvalue weighted by atomic mass is 10.2. The molecular weight excluding hydrogens is 190 g/mol. The third-order valence-electron chi connectivity index (χ3n) is 2.43. The molecule has 0 saturated carbocycles. The van der Waals surface area contributed by atoms with Crippen molar-refractivity contribution in [2.45, 2.75) is 45.3 Å². The molecule has 0 radical (unpaired) electrons. The number of ether oxygens (including phenoxy) is 1. The first kappa shape index (κ1) is 12.3. The number of aliphatic imine (C=N–C) groups is 1. The molecule has 88 valence electrons. The Morgan fingerprint density at radius 1 is 1.53 bits per heavy atom. The highest BCUT2D eigenvalue weighted by Gasteiger charge is 2.14. The number of hydrogen-bond donors (Lipinski definition) is 2. The van der Waals surface area contributed by atoms with Crippen LogP contribution in [0.15, 0.2) is 4.99 Å². The van der Waals surface area contributed by atoms with Crippen molar-refractivity contribution in [3.8, 4) is 0 Å². The van der Waals surface area contributed by atoms with Gasteiger partial charge in [0.1, 0.15) is 0 Å². The van der Waals surface area contributed by atoms with Crippen molar-refractivity contribution < 1.29 is 4.74 Å². The van der Waals surface area contributed by atoms with E-state index in [0.29, 0.717) is 12.1 Å². The molecule has 0 spiro atoms. The molecule has 0 aliphatic carbocycles. The molecule has 1 unspecified atom stereocenters. The summed E-state index contributed by atoms with van der Waals surface area (Å²) in [5, 5.41) is 6.54. The van der Waals surface area contributed by atoms with Crippen molar-refractivity contribution in [2.75, 3.05) is 20.2 Å². The molecule has 1 fully saturated rings. The van der Waals surface area contributed by atoms with Crippen LogP contribution in [0.4, 0.5) is 0 Å². The molecule has 1 heterocycles. The van der Waals surface area contributed by atoms with Crippen LogP contribution < -0.4 is 10.6 Å². The zero-order valence-electron chi connectivity index (χ0n) is 10.0. The van der Waals surface area contributed by atoms with Gasteiger partial charge in [0.05, 0.1) is 6.10 Å². The van der Waals surface area contributed by atoms with Crippen LogP contribution >= 0.6 is 0 Å². The van der Waals surface area contributed by atoms with Crippen LogP contribution in [-0.4, -0.2) is 38.3 Å². The fraction of sp³-hybridized carbons (Fsp3) is 0.909. The lowest BCUT2D eigenvalue weighted by Crippen LogP contribution is -2.41. The van der Waals surface area contributed by atoms with E-state index < -0.39 is 0 Å². The highest BCUT2D eigenvalue weighted by molar-refractivity contribution is 5.79. The number of guanidine groups is 1. The van der Waals surface area contributed by atoms with Crippen molar-refractivity contribution in [3.05, 3.63) is 0 Å². The Morgan fingerprint density at radius 3 is 2.87 bits per heavy atom. The summed E-state index contributed by atoms with van der Waals surface area (Å²) >= 11 is 0. The molecule has 0 amide bonds. The molecular formula is C11H23N3O. The van der Waals surface area contributed by atoms with E-state index in [2.05, 4.69) is 29.5 Å². The summed E-state index contributed by atoms with van der Waals surface area (Å²) in [7, 11) is 1.80. The van der Waals surface area contributed by atoms with Crippen molar-refractivity contribution >= 4 is 5.96 Å². The van der Waals surface area contributed by atoms with E-state index in [1.54, 1.807) is 7.05 Å². The van der Waals surface area contributed by atoms with Crippen LogP contribution in [0.3, 0.4) is 0 Å². The summed E-state index contributed by atoms with van der Waals surface area (Å²) in [5.41, 5.74) is 0. The number of rotatable bonds is 4. The van der Waals surface area contributed by atoms with Gasteiger partial charge in [0, 0.05) is 26.2 Å². The minimum absolute atomic E-state index is 0.416. The quantitative estimate of drug-likeness (QED) is 0.543. The smallest absolute Gasteiger partial charge is 0.191 e. The lowest BCUT2D eigenvalue weighted by Gasteiger charge is -2.15. The third-order valence-corrected chi connectivity index (χ3v) is 2.43. The molecule has 0 aromatic heterocycles. The van der Waals surface area contributed by atoms with Crippen LogP contribution in [0.25, 0.3) is 0 Å². The first-order valence-corrected chi connectivity index (χ1v) is 5.81. The second-order valence-electron chi connectivity index (χ2n) is 4.22. The normalized spacial score (nSPS) is 22.1. The van der Waals surface area contributed by atoms with Crippen LogP contribution in [0.1, 0.15) is 33.1 Å². The van der Waals surface area contributed by atoms with Gasteiger partial charge in [0.15, 0.2) is 5.96 Å². The summed E-state index contributed by atoms with van der Waals surface area (Å²) in [4.78, 5) is 4.15. The van der Waals surface area contributed by atoms with Gasteiger partial charge in [0.25, 0.3) is 0 Å². The minimum atomic E-state index is 0.416. The highest BCUT2D eigenvalue weighted by atomic mass is 16.5. The number of hydrogen-bond acceptors (Lipinski definition) is 2.